The smallest absolute Gasteiger partial charge is 0.256 e. The van der Waals surface area contributed by atoms with Crippen LogP contribution >= 0.6 is 11.8 Å². The van der Waals surface area contributed by atoms with Crippen LogP contribution in [0.1, 0.15) is 27.4 Å². The highest BCUT2D eigenvalue weighted by Crippen LogP contribution is 2.29. The Balaban J connectivity index is 1.51. The topological polar surface area (TPSA) is 85.8 Å². The summed E-state index contributed by atoms with van der Waals surface area (Å²) in [5.41, 5.74) is 2.97. The summed E-state index contributed by atoms with van der Waals surface area (Å²) in [7, 11) is 0. The Hall–Kier alpha value is -3.46. The molecule has 152 valence electrons. The van der Waals surface area contributed by atoms with Gasteiger partial charge in [-0.1, -0.05) is 17.3 Å². The lowest BCUT2D eigenvalue weighted by molar-refractivity contribution is 0.102. The van der Waals surface area contributed by atoms with Gasteiger partial charge in [-0.3, -0.25) is 4.79 Å². The van der Waals surface area contributed by atoms with E-state index in [-0.39, 0.29) is 11.6 Å². The van der Waals surface area contributed by atoms with Gasteiger partial charge in [0.25, 0.3) is 5.91 Å². The van der Waals surface area contributed by atoms with Gasteiger partial charge in [-0.15, -0.1) is 11.8 Å². The molecule has 30 heavy (non-hydrogen) atoms. The molecule has 2 aromatic heterocycles. The number of carbonyl (C=O) groups is 1. The van der Waals surface area contributed by atoms with Crippen molar-refractivity contribution in [3.8, 4) is 5.69 Å². The summed E-state index contributed by atoms with van der Waals surface area (Å²) in [5, 5.41) is 10.6. The van der Waals surface area contributed by atoms with Crippen molar-refractivity contribution in [3.05, 3.63) is 83.5 Å². The third kappa shape index (κ3) is 4.11. The highest BCUT2D eigenvalue weighted by atomic mass is 32.2. The normalized spacial score (nSPS) is 10.9. The number of aromatic nitrogens is 4. The number of rotatable bonds is 6. The molecule has 0 aliphatic carbocycles. The van der Waals surface area contributed by atoms with Gasteiger partial charge in [0.15, 0.2) is 5.82 Å². The van der Waals surface area contributed by atoms with Crippen molar-refractivity contribution >= 4 is 23.4 Å². The molecule has 9 heteroatoms. The van der Waals surface area contributed by atoms with Gasteiger partial charge in [0.05, 0.1) is 11.3 Å². The van der Waals surface area contributed by atoms with E-state index in [1.165, 1.54) is 41.2 Å². The van der Waals surface area contributed by atoms with Crippen LogP contribution < -0.4 is 5.32 Å². The molecule has 2 aromatic carbocycles. The van der Waals surface area contributed by atoms with Gasteiger partial charge in [-0.25, -0.2) is 14.1 Å². The molecule has 0 spiro atoms. The maximum absolute atomic E-state index is 14.4. The third-order valence-electron chi connectivity index (χ3n) is 4.56. The number of nitrogens with zero attached hydrogens (tertiary/aromatic N) is 4. The number of hydrogen-bond donors (Lipinski definition) is 1. The van der Waals surface area contributed by atoms with Gasteiger partial charge in [-0.05, 0) is 44.2 Å². The summed E-state index contributed by atoms with van der Waals surface area (Å²) in [6, 6.07) is 11.7. The molecule has 0 saturated heterocycles. The van der Waals surface area contributed by atoms with E-state index in [9.17, 15) is 9.18 Å². The molecule has 0 radical (unpaired) electrons. The lowest BCUT2D eigenvalue weighted by Crippen LogP contribution is -2.13. The third-order valence-corrected chi connectivity index (χ3v) is 5.66. The van der Waals surface area contributed by atoms with Crippen LogP contribution in [0.5, 0.6) is 0 Å². The minimum absolute atomic E-state index is 0.251. The second kappa shape index (κ2) is 8.50. The number of nitrogens with one attached hydrogen (secondary N) is 1. The maximum Gasteiger partial charge on any atom is 0.256 e. The molecule has 4 aromatic rings. The summed E-state index contributed by atoms with van der Waals surface area (Å²) in [5.74, 6) is 0.571. The zero-order valence-corrected chi connectivity index (χ0v) is 17.1. The van der Waals surface area contributed by atoms with Crippen LogP contribution in [-0.4, -0.2) is 25.8 Å². The number of benzene rings is 2. The first-order valence-electron chi connectivity index (χ1n) is 9.12. The fourth-order valence-electron chi connectivity index (χ4n) is 2.94. The van der Waals surface area contributed by atoms with Gasteiger partial charge in [0.2, 0.25) is 0 Å². The van der Waals surface area contributed by atoms with Crippen molar-refractivity contribution in [2.24, 2.45) is 0 Å². The Morgan fingerprint density at radius 3 is 2.77 bits per heavy atom. The molecule has 4 rings (SSSR count). The maximum atomic E-state index is 14.4. The van der Waals surface area contributed by atoms with E-state index in [0.717, 1.165) is 21.9 Å². The van der Waals surface area contributed by atoms with Crippen LogP contribution in [0.2, 0.25) is 0 Å². The summed E-state index contributed by atoms with van der Waals surface area (Å²) in [6.45, 7) is 3.76. The zero-order valence-electron chi connectivity index (χ0n) is 16.3. The molecule has 0 bridgehead atoms. The van der Waals surface area contributed by atoms with Gasteiger partial charge in [0.1, 0.15) is 24.1 Å². The van der Waals surface area contributed by atoms with Crippen molar-refractivity contribution in [1.29, 1.82) is 0 Å². The fourth-order valence-corrected chi connectivity index (χ4v) is 4.14. The summed E-state index contributed by atoms with van der Waals surface area (Å²) < 4.78 is 21.0. The highest BCUT2D eigenvalue weighted by molar-refractivity contribution is 7.98. The fraction of sp³-hybridized carbons (Fsp3) is 0.143. The first-order chi connectivity index (χ1) is 14.5. The van der Waals surface area contributed by atoms with Gasteiger partial charge in [-0.2, -0.15) is 5.10 Å². The average molecular weight is 423 g/mol. The molecule has 7 nitrogen and oxygen atoms in total. The number of carbonyl (C=O) groups excluding carboxylic acids is 1. The Morgan fingerprint density at radius 1 is 1.23 bits per heavy atom. The lowest BCUT2D eigenvalue weighted by Gasteiger charge is -2.11. The molecular formula is C21H18FN5O2S. The van der Waals surface area contributed by atoms with Gasteiger partial charge in [0, 0.05) is 21.9 Å². The molecule has 0 saturated carbocycles. The molecule has 1 N–H and O–H groups in total. The Morgan fingerprint density at radius 2 is 2.07 bits per heavy atom. The Bertz CT molecular complexity index is 1170. The average Bonchev–Trinajstić information content (AvgIpc) is 3.37. The van der Waals surface area contributed by atoms with E-state index in [1.54, 1.807) is 18.2 Å². The van der Waals surface area contributed by atoms with Crippen LogP contribution in [0.3, 0.4) is 0 Å². The highest BCUT2D eigenvalue weighted by Gasteiger charge is 2.15. The second-order valence-electron chi connectivity index (χ2n) is 6.55. The van der Waals surface area contributed by atoms with E-state index >= 15 is 0 Å². The predicted molar refractivity (Wildman–Crippen MR) is 111 cm³/mol. The Kier molecular flexibility index (Phi) is 5.62. The van der Waals surface area contributed by atoms with E-state index < -0.39 is 5.82 Å². The van der Waals surface area contributed by atoms with Crippen LogP contribution in [0.4, 0.5) is 10.1 Å². The lowest BCUT2D eigenvalue weighted by atomic mass is 10.2. The van der Waals surface area contributed by atoms with E-state index in [0.29, 0.717) is 17.0 Å². The quantitative estimate of drug-likeness (QED) is 0.458. The molecule has 0 fully saturated rings. The van der Waals surface area contributed by atoms with Crippen LogP contribution in [0, 0.1) is 19.7 Å². The number of aryl methyl sites for hydroxylation is 2. The molecule has 2 heterocycles. The molecule has 0 atom stereocenters. The van der Waals surface area contributed by atoms with Crippen molar-refractivity contribution in [3.63, 3.8) is 0 Å². The minimum atomic E-state index is -0.514. The SMILES string of the molecule is Cc1noc(C)c1CSc1ccccc1C(=O)Nc1ccc(-n2cncn2)c(F)c1. The van der Waals surface area contributed by atoms with E-state index in [4.69, 9.17) is 4.52 Å². The number of anilines is 1. The van der Waals surface area contributed by atoms with Crippen molar-refractivity contribution < 1.29 is 13.7 Å². The minimum Gasteiger partial charge on any atom is -0.361 e. The number of hydrogen-bond acceptors (Lipinski definition) is 6. The van der Waals surface area contributed by atoms with Gasteiger partial charge < -0.3 is 9.84 Å². The number of amides is 1. The monoisotopic (exact) mass is 423 g/mol. The van der Waals surface area contributed by atoms with Crippen molar-refractivity contribution in [1.82, 2.24) is 19.9 Å². The first kappa shape index (κ1) is 19.8. The summed E-state index contributed by atoms with van der Waals surface area (Å²) in [4.78, 5) is 17.5. The van der Waals surface area contributed by atoms with Crippen LogP contribution in [0.15, 0.2) is 64.5 Å². The summed E-state index contributed by atoms with van der Waals surface area (Å²) >= 11 is 1.52. The Labute approximate surface area is 176 Å². The molecule has 0 aliphatic rings. The van der Waals surface area contributed by atoms with Crippen molar-refractivity contribution in [2.45, 2.75) is 24.5 Å². The van der Waals surface area contributed by atoms with Crippen LogP contribution in [-0.2, 0) is 5.75 Å². The predicted octanol–water partition coefficient (Wildman–Crippen LogP) is 4.56. The standard InChI is InChI=1S/C21H18FN5O2S/c1-13-17(14(2)29-26-13)10-30-20-6-4-3-5-16(20)21(28)25-15-7-8-19(18(22)9-15)27-12-23-11-24-27/h3-9,11-12H,10H2,1-2H3,(H,25,28). The van der Waals surface area contributed by atoms with E-state index in [1.807, 2.05) is 26.0 Å². The first-order valence-corrected chi connectivity index (χ1v) is 10.1. The molecular weight excluding hydrogens is 405 g/mol. The second-order valence-corrected chi connectivity index (χ2v) is 7.57. The van der Waals surface area contributed by atoms with Crippen molar-refractivity contribution in [2.75, 3.05) is 5.32 Å². The number of halogens is 1. The molecule has 0 aliphatic heterocycles. The van der Waals surface area contributed by atoms with Crippen LogP contribution in [0.25, 0.3) is 5.69 Å². The van der Waals surface area contributed by atoms with E-state index in [2.05, 4.69) is 20.6 Å². The van der Waals surface area contributed by atoms with Gasteiger partial charge >= 0.3 is 0 Å². The molecule has 1 amide bonds. The largest absolute Gasteiger partial charge is 0.361 e. The molecule has 0 unspecified atom stereocenters. The zero-order chi connectivity index (χ0) is 21.1. The number of thioether (sulfide) groups is 1. The summed E-state index contributed by atoms with van der Waals surface area (Å²) in [6.07, 6.45) is 2.73.